The fraction of sp³-hybridized carbons (Fsp3) is 0.920. The summed E-state index contributed by atoms with van der Waals surface area (Å²) >= 11 is 0. The van der Waals surface area contributed by atoms with E-state index in [0.717, 1.165) is 38.5 Å². The van der Waals surface area contributed by atoms with Crippen molar-refractivity contribution in [3.8, 4) is 0 Å². The van der Waals surface area contributed by atoms with Gasteiger partial charge in [0.25, 0.3) is 0 Å². The molecule has 7 unspecified atom stereocenters. The number of carbonyl (C=O) groups is 2. The summed E-state index contributed by atoms with van der Waals surface area (Å²) in [5, 5.41) is 22.8. The first-order chi connectivity index (χ1) is 14.1. The normalized spacial score (nSPS) is 49.0. The third-order valence-electron chi connectivity index (χ3n) is 10.4. The number of methoxy groups -OCH3 is 1. The van der Waals surface area contributed by atoms with Gasteiger partial charge < -0.3 is 14.9 Å². The van der Waals surface area contributed by atoms with E-state index in [4.69, 9.17) is 4.74 Å². The molecule has 170 valence electrons. The molecule has 5 heteroatoms. The summed E-state index contributed by atoms with van der Waals surface area (Å²) in [5.74, 6) is 1.92. The van der Waals surface area contributed by atoms with Crippen LogP contribution in [0.15, 0.2) is 0 Å². The lowest BCUT2D eigenvalue weighted by atomic mass is 9.43. The average Bonchev–Trinajstić information content (AvgIpc) is 3.06. The Balaban J connectivity index is 1.58. The van der Waals surface area contributed by atoms with Crippen LogP contribution in [0.5, 0.6) is 0 Å². The van der Waals surface area contributed by atoms with Crippen molar-refractivity contribution in [1.29, 1.82) is 0 Å². The lowest BCUT2D eigenvalue weighted by molar-refractivity contribution is -0.201. The average molecular weight is 421 g/mol. The van der Waals surface area contributed by atoms with Gasteiger partial charge in [0, 0.05) is 19.3 Å². The highest BCUT2D eigenvalue weighted by Crippen LogP contribution is 2.68. The summed E-state index contributed by atoms with van der Waals surface area (Å²) in [5.41, 5.74) is -0.167. The highest BCUT2D eigenvalue weighted by atomic mass is 16.5. The van der Waals surface area contributed by atoms with Crippen molar-refractivity contribution in [1.82, 2.24) is 0 Å². The van der Waals surface area contributed by atoms with E-state index in [9.17, 15) is 19.8 Å². The lowest BCUT2D eigenvalue weighted by Gasteiger charge is -2.63. The number of ketones is 1. The molecule has 0 aliphatic heterocycles. The first-order valence-corrected chi connectivity index (χ1v) is 12.1. The fourth-order valence-corrected chi connectivity index (χ4v) is 8.59. The van der Waals surface area contributed by atoms with Crippen LogP contribution in [-0.4, -0.2) is 41.3 Å². The van der Waals surface area contributed by atoms with E-state index in [-0.39, 0.29) is 40.7 Å². The van der Waals surface area contributed by atoms with Crippen LogP contribution in [0.4, 0.5) is 0 Å². The Hall–Kier alpha value is -0.940. The predicted octanol–water partition coefficient (Wildman–Crippen LogP) is 3.75. The topological polar surface area (TPSA) is 83.8 Å². The lowest BCUT2D eigenvalue weighted by Crippen LogP contribution is -2.62. The van der Waals surface area contributed by atoms with Crippen LogP contribution in [0, 0.1) is 46.3 Å². The Morgan fingerprint density at radius 2 is 1.93 bits per heavy atom. The molecule has 5 nitrogen and oxygen atoms in total. The SMILES string of the molecule is COC(=O)CCC(C)C1CCC2C3C(C[C@H](O)C12C)C1(C)CCC(=O)C[C@@H]1C[C@H]3O. The van der Waals surface area contributed by atoms with Gasteiger partial charge in [0.15, 0.2) is 0 Å². The second-order valence-corrected chi connectivity index (χ2v) is 11.4. The predicted molar refractivity (Wildman–Crippen MR) is 113 cm³/mol. The largest absolute Gasteiger partial charge is 0.469 e. The highest BCUT2D eigenvalue weighted by Gasteiger charge is 2.65. The second kappa shape index (κ2) is 7.88. The van der Waals surface area contributed by atoms with E-state index >= 15 is 0 Å². The van der Waals surface area contributed by atoms with Crippen molar-refractivity contribution in [3.05, 3.63) is 0 Å². The molecule has 0 aromatic rings. The quantitative estimate of drug-likeness (QED) is 0.677. The number of ether oxygens (including phenoxy) is 1. The van der Waals surface area contributed by atoms with Crippen LogP contribution < -0.4 is 0 Å². The molecular formula is C25H40O5. The van der Waals surface area contributed by atoms with Crippen molar-refractivity contribution in [2.75, 3.05) is 7.11 Å². The number of rotatable bonds is 4. The molecule has 10 atom stereocenters. The molecule has 4 aliphatic rings. The molecule has 4 saturated carbocycles. The molecule has 4 fully saturated rings. The number of hydrogen-bond donors (Lipinski definition) is 2. The Bertz CT molecular complexity index is 691. The summed E-state index contributed by atoms with van der Waals surface area (Å²) in [6, 6.07) is 0. The van der Waals surface area contributed by atoms with E-state index in [0.29, 0.717) is 42.8 Å². The van der Waals surface area contributed by atoms with Gasteiger partial charge in [-0.15, -0.1) is 0 Å². The number of fused-ring (bicyclic) bond motifs is 5. The number of hydrogen-bond acceptors (Lipinski definition) is 5. The zero-order chi connectivity index (χ0) is 21.8. The molecule has 4 rings (SSSR count). The summed E-state index contributed by atoms with van der Waals surface area (Å²) in [4.78, 5) is 23.8. The standard InChI is InChI=1S/C25H40O5/c1-14(5-8-22(29)30-4)17-6-7-18-23-19(13-21(28)25(17,18)3)24(2)10-9-16(26)11-15(24)12-20(23)27/h14-15,17-21,23,27-28H,5-13H2,1-4H3/t14?,15-,17?,18?,19?,20-,21+,23?,24?,25?/m1/s1. The van der Waals surface area contributed by atoms with Gasteiger partial charge in [-0.2, -0.15) is 0 Å². The molecule has 30 heavy (non-hydrogen) atoms. The zero-order valence-corrected chi connectivity index (χ0v) is 19.1. The molecule has 0 heterocycles. The van der Waals surface area contributed by atoms with E-state index in [1.807, 2.05) is 0 Å². The van der Waals surface area contributed by atoms with E-state index in [2.05, 4.69) is 20.8 Å². The Kier molecular flexibility index (Phi) is 5.85. The summed E-state index contributed by atoms with van der Waals surface area (Å²) in [6.07, 6.45) is 6.15. The number of esters is 1. The van der Waals surface area contributed by atoms with Crippen molar-refractivity contribution in [2.45, 2.75) is 90.8 Å². The Labute approximate surface area is 180 Å². The van der Waals surface area contributed by atoms with Crippen LogP contribution in [0.25, 0.3) is 0 Å². The molecule has 0 amide bonds. The molecule has 0 spiro atoms. The Morgan fingerprint density at radius 3 is 2.63 bits per heavy atom. The van der Waals surface area contributed by atoms with Gasteiger partial charge in [-0.25, -0.2) is 0 Å². The molecule has 2 N–H and O–H groups in total. The molecule has 0 radical (unpaired) electrons. The maximum atomic E-state index is 12.1. The smallest absolute Gasteiger partial charge is 0.305 e. The molecule has 0 aromatic carbocycles. The third-order valence-corrected chi connectivity index (χ3v) is 10.4. The van der Waals surface area contributed by atoms with Crippen molar-refractivity contribution >= 4 is 11.8 Å². The van der Waals surface area contributed by atoms with Crippen LogP contribution in [0.3, 0.4) is 0 Å². The van der Waals surface area contributed by atoms with Gasteiger partial charge in [0.1, 0.15) is 5.78 Å². The van der Waals surface area contributed by atoms with E-state index in [1.54, 1.807) is 0 Å². The van der Waals surface area contributed by atoms with E-state index < -0.39 is 6.10 Å². The number of Topliss-reactive ketones (excluding diaryl/α,β-unsaturated/α-hetero) is 1. The fourth-order valence-electron chi connectivity index (χ4n) is 8.59. The summed E-state index contributed by atoms with van der Waals surface area (Å²) in [6.45, 7) is 6.78. The van der Waals surface area contributed by atoms with Gasteiger partial charge in [0.2, 0.25) is 0 Å². The monoisotopic (exact) mass is 420 g/mol. The maximum Gasteiger partial charge on any atom is 0.305 e. The molecular weight excluding hydrogens is 380 g/mol. The molecule has 0 bridgehead atoms. The summed E-state index contributed by atoms with van der Waals surface area (Å²) < 4.78 is 4.82. The Morgan fingerprint density at radius 1 is 1.20 bits per heavy atom. The first-order valence-electron chi connectivity index (χ1n) is 12.1. The van der Waals surface area contributed by atoms with Crippen molar-refractivity contribution in [2.24, 2.45) is 46.3 Å². The minimum Gasteiger partial charge on any atom is -0.469 e. The maximum absolute atomic E-state index is 12.1. The van der Waals surface area contributed by atoms with E-state index in [1.165, 1.54) is 7.11 Å². The molecule has 4 aliphatic carbocycles. The number of aliphatic hydroxyl groups excluding tert-OH is 2. The van der Waals surface area contributed by atoms with Crippen molar-refractivity contribution < 1.29 is 24.5 Å². The highest BCUT2D eigenvalue weighted by molar-refractivity contribution is 5.79. The zero-order valence-electron chi connectivity index (χ0n) is 19.1. The third kappa shape index (κ3) is 3.26. The van der Waals surface area contributed by atoms with Gasteiger partial charge in [0.05, 0.1) is 19.3 Å². The first kappa shape index (κ1) is 22.3. The van der Waals surface area contributed by atoms with Crippen molar-refractivity contribution in [3.63, 3.8) is 0 Å². The second-order valence-electron chi connectivity index (χ2n) is 11.4. The van der Waals surface area contributed by atoms with Crippen LogP contribution in [-0.2, 0) is 14.3 Å². The minimum atomic E-state index is -0.391. The van der Waals surface area contributed by atoms with Gasteiger partial charge in [-0.3, -0.25) is 9.59 Å². The van der Waals surface area contributed by atoms with Gasteiger partial charge in [-0.05, 0) is 84.9 Å². The molecule has 0 saturated heterocycles. The molecule has 0 aromatic heterocycles. The van der Waals surface area contributed by atoms with Crippen LogP contribution in [0.1, 0.15) is 78.6 Å². The minimum absolute atomic E-state index is 0.0503. The number of aliphatic hydroxyl groups is 2. The van der Waals surface area contributed by atoms with Gasteiger partial charge >= 0.3 is 5.97 Å². The van der Waals surface area contributed by atoms with Crippen LogP contribution >= 0.6 is 0 Å². The van der Waals surface area contributed by atoms with Crippen LogP contribution in [0.2, 0.25) is 0 Å². The number of carbonyl (C=O) groups excluding carboxylic acids is 2. The van der Waals surface area contributed by atoms with Gasteiger partial charge in [-0.1, -0.05) is 20.8 Å². The summed E-state index contributed by atoms with van der Waals surface area (Å²) in [7, 11) is 1.43.